The van der Waals surface area contributed by atoms with Gasteiger partial charge in [-0.25, -0.2) is 0 Å². The van der Waals surface area contributed by atoms with Crippen LogP contribution in [-0.2, 0) is 4.79 Å². The fourth-order valence-electron chi connectivity index (χ4n) is 2.24. The molecule has 15 heavy (non-hydrogen) atoms. The Bertz CT molecular complexity index is 216. The van der Waals surface area contributed by atoms with Gasteiger partial charge in [-0.15, -0.1) is 0 Å². The SMILES string of the molecule is CC1(C)CCC(NC(=O)CCCCBr)C1. The van der Waals surface area contributed by atoms with E-state index in [1.54, 1.807) is 0 Å². The summed E-state index contributed by atoms with van der Waals surface area (Å²) in [5, 5.41) is 4.14. The van der Waals surface area contributed by atoms with E-state index < -0.39 is 0 Å². The highest BCUT2D eigenvalue weighted by Gasteiger charge is 2.31. The maximum atomic E-state index is 11.6. The molecule has 1 unspecified atom stereocenters. The van der Waals surface area contributed by atoms with Crippen LogP contribution in [0.1, 0.15) is 52.4 Å². The molecule has 1 aliphatic rings. The highest BCUT2D eigenvalue weighted by Crippen LogP contribution is 2.36. The molecule has 0 radical (unpaired) electrons. The van der Waals surface area contributed by atoms with Gasteiger partial charge in [-0.3, -0.25) is 4.79 Å². The molecule has 3 heteroatoms. The fourth-order valence-corrected chi connectivity index (χ4v) is 2.64. The minimum atomic E-state index is 0.235. The number of amides is 1. The molecule has 0 aliphatic heterocycles. The quantitative estimate of drug-likeness (QED) is 0.606. The summed E-state index contributed by atoms with van der Waals surface area (Å²) in [6, 6.07) is 0.427. The Labute approximate surface area is 101 Å². The molecule has 0 heterocycles. The lowest BCUT2D eigenvalue weighted by molar-refractivity contribution is -0.121. The number of carbonyl (C=O) groups excluding carboxylic acids is 1. The highest BCUT2D eigenvalue weighted by atomic mass is 79.9. The van der Waals surface area contributed by atoms with Gasteiger partial charge in [0, 0.05) is 17.8 Å². The van der Waals surface area contributed by atoms with Crippen LogP contribution < -0.4 is 5.32 Å². The molecule has 1 atom stereocenters. The van der Waals surface area contributed by atoms with Gasteiger partial charge in [-0.05, 0) is 37.5 Å². The van der Waals surface area contributed by atoms with Crippen LogP contribution in [0.5, 0.6) is 0 Å². The van der Waals surface area contributed by atoms with E-state index in [-0.39, 0.29) is 5.91 Å². The van der Waals surface area contributed by atoms with Gasteiger partial charge in [0.1, 0.15) is 0 Å². The summed E-state index contributed by atoms with van der Waals surface area (Å²) < 4.78 is 0. The largest absolute Gasteiger partial charge is 0.353 e. The summed E-state index contributed by atoms with van der Waals surface area (Å²) in [5.74, 6) is 0.235. The summed E-state index contributed by atoms with van der Waals surface area (Å²) >= 11 is 3.37. The third-order valence-electron chi connectivity index (χ3n) is 3.12. The van der Waals surface area contributed by atoms with E-state index >= 15 is 0 Å². The fraction of sp³-hybridized carbons (Fsp3) is 0.917. The average molecular weight is 276 g/mol. The predicted octanol–water partition coefficient (Wildman–Crippen LogP) is 3.25. The lowest BCUT2D eigenvalue weighted by Crippen LogP contribution is -2.33. The predicted molar refractivity (Wildman–Crippen MR) is 67.2 cm³/mol. The smallest absolute Gasteiger partial charge is 0.220 e. The van der Waals surface area contributed by atoms with E-state index in [2.05, 4.69) is 35.1 Å². The third kappa shape index (κ3) is 5.01. The molecule has 1 saturated carbocycles. The number of hydrogen-bond donors (Lipinski definition) is 1. The van der Waals surface area contributed by atoms with Crippen LogP contribution in [-0.4, -0.2) is 17.3 Å². The van der Waals surface area contributed by atoms with Gasteiger partial charge in [0.2, 0.25) is 5.91 Å². The van der Waals surface area contributed by atoms with Crippen LogP contribution in [0.15, 0.2) is 0 Å². The summed E-state index contributed by atoms with van der Waals surface area (Å²) in [4.78, 5) is 11.6. The number of nitrogens with one attached hydrogen (secondary N) is 1. The minimum Gasteiger partial charge on any atom is -0.353 e. The summed E-state index contributed by atoms with van der Waals surface area (Å²) in [5.41, 5.74) is 0.424. The van der Waals surface area contributed by atoms with Crippen molar-refractivity contribution < 1.29 is 4.79 Å². The number of rotatable bonds is 5. The first-order valence-electron chi connectivity index (χ1n) is 5.89. The molecular weight excluding hydrogens is 254 g/mol. The van der Waals surface area contributed by atoms with Gasteiger partial charge in [-0.1, -0.05) is 29.8 Å². The number of carbonyl (C=O) groups is 1. The molecule has 2 nitrogen and oxygen atoms in total. The normalized spacial score (nSPS) is 24.1. The Morgan fingerprint density at radius 3 is 2.73 bits per heavy atom. The zero-order valence-corrected chi connectivity index (χ0v) is 11.4. The minimum absolute atomic E-state index is 0.235. The molecule has 0 bridgehead atoms. The summed E-state index contributed by atoms with van der Waals surface area (Å²) in [6.07, 6.45) is 6.28. The molecule has 0 aromatic rings. The molecule has 0 aromatic heterocycles. The van der Waals surface area contributed by atoms with Crippen LogP contribution >= 0.6 is 15.9 Å². The standard InChI is InChI=1S/C12H22BrNO/c1-12(2)7-6-10(9-12)14-11(15)5-3-4-8-13/h10H,3-9H2,1-2H3,(H,14,15). The Kier molecular flexibility index (Phi) is 5.10. The zero-order valence-electron chi connectivity index (χ0n) is 9.81. The first-order chi connectivity index (χ1) is 7.03. The Hall–Kier alpha value is -0.0500. The summed E-state index contributed by atoms with van der Waals surface area (Å²) in [7, 11) is 0. The topological polar surface area (TPSA) is 29.1 Å². The average Bonchev–Trinajstić information content (AvgIpc) is 2.46. The highest BCUT2D eigenvalue weighted by molar-refractivity contribution is 9.09. The molecular formula is C12H22BrNO. The second-order valence-electron chi connectivity index (χ2n) is 5.32. The number of halogens is 1. The van der Waals surface area contributed by atoms with Crippen molar-refractivity contribution in [3.8, 4) is 0 Å². The van der Waals surface area contributed by atoms with Crippen molar-refractivity contribution in [2.24, 2.45) is 5.41 Å². The van der Waals surface area contributed by atoms with E-state index in [4.69, 9.17) is 0 Å². The monoisotopic (exact) mass is 275 g/mol. The van der Waals surface area contributed by atoms with Crippen LogP contribution in [0.25, 0.3) is 0 Å². The molecule has 1 rings (SSSR count). The van der Waals surface area contributed by atoms with E-state index in [1.165, 1.54) is 6.42 Å². The van der Waals surface area contributed by atoms with E-state index in [0.29, 0.717) is 17.9 Å². The molecule has 0 spiro atoms. The van der Waals surface area contributed by atoms with Crippen molar-refractivity contribution in [2.45, 2.75) is 58.4 Å². The summed E-state index contributed by atoms with van der Waals surface area (Å²) in [6.45, 7) is 4.56. The number of unbranched alkanes of at least 4 members (excludes halogenated alkanes) is 1. The van der Waals surface area contributed by atoms with E-state index in [0.717, 1.165) is 31.0 Å². The van der Waals surface area contributed by atoms with Gasteiger partial charge in [-0.2, -0.15) is 0 Å². The number of hydrogen-bond acceptors (Lipinski definition) is 1. The lowest BCUT2D eigenvalue weighted by atomic mass is 9.92. The maximum Gasteiger partial charge on any atom is 0.220 e. The Balaban J connectivity index is 2.16. The maximum absolute atomic E-state index is 11.6. The van der Waals surface area contributed by atoms with Crippen molar-refractivity contribution >= 4 is 21.8 Å². The van der Waals surface area contributed by atoms with Gasteiger partial charge in [0.25, 0.3) is 0 Å². The van der Waals surface area contributed by atoms with Crippen molar-refractivity contribution in [3.63, 3.8) is 0 Å². The van der Waals surface area contributed by atoms with Crippen molar-refractivity contribution in [3.05, 3.63) is 0 Å². The van der Waals surface area contributed by atoms with Crippen LogP contribution in [0.3, 0.4) is 0 Å². The van der Waals surface area contributed by atoms with E-state index in [1.807, 2.05) is 0 Å². The van der Waals surface area contributed by atoms with Gasteiger partial charge >= 0.3 is 0 Å². The van der Waals surface area contributed by atoms with E-state index in [9.17, 15) is 4.79 Å². The zero-order chi connectivity index (χ0) is 11.3. The molecule has 0 saturated heterocycles. The third-order valence-corrected chi connectivity index (χ3v) is 3.68. The second kappa shape index (κ2) is 5.88. The Morgan fingerprint density at radius 1 is 1.47 bits per heavy atom. The van der Waals surface area contributed by atoms with Crippen molar-refractivity contribution in [1.82, 2.24) is 5.32 Å². The molecule has 88 valence electrons. The second-order valence-corrected chi connectivity index (χ2v) is 6.11. The molecule has 1 aliphatic carbocycles. The van der Waals surface area contributed by atoms with Crippen LogP contribution in [0.4, 0.5) is 0 Å². The molecule has 1 fully saturated rings. The molecule has 1 N–H and O–H groups in total. The Morgan fingerprint density at radius 2 is 2.20 bits per heavy atom. The first kappa shape index (κ1) is 13.0. The lowest BCUT2D eigenvalue weighted by Gasteiger charge is -2.17. The molecule has 1 amide bonds. The van der Waals surface area contributed by atoms with Crippen molar-refractivity contribution in [1.29, 1.82) is 0 Å². The van der Waals surface area contributed by atoms with Gasteiger partial charge in [0.15, 0.2) is 0 Å². The van der Waals surface area contributed by atoms with Crippen molar-refractivity contribution in [2.75, 3.05) is 5.33 Å². The van der Waals surface area contributed by atoms with Gasteiger partial charge in [0.05, 0.1) is 0 Å². The van der Waals surface area contributed by atoms with Crippen LogP contribution in [0, 0.1) is 5.41 Å². The van der Waals surface area contributed by atoms with Crippen LogP contribution in [0.2, 0.25) is 0 Å². The van der Waals surface area contributed by atoms with Gasteiger partial charge < -0.3 is 5.32 Å². The first-order valence-corrected chi connectivity index (χ1v) is 7.01. The molecule has 0 aromatic carbocycles. The number of alkyl halides is 1.